The van der Waals surface area contributed by atoms with Crippen LogP contribution >= 0.6 is 11.3 Å². The van der Waals surface area contributed by atoms with E-state index in [0.717, 1.165) is 21.3 Å². The fourth-order valence-corrected chi connectivity index (χ4v) is 3.30. The van der Waals surface area contributed by atoms with Crippen LogP contribution in [0.4, 0.5) is 5.13 Å². The van der Waals surface area contributed by atoms with Gasteiger partial charge < -0.3 is 0 Å². The van der Waals surface area contributed by atoms with Gasteiger partial charge in [-0.1, -0.05) is 17.4 Å². The molecule has 1 aromatic carbocycles. The quantitative estimate of drug-likeness (QED) is 0.611. The minimum Gasteiger partial charge on any atom is -0.298 e. The largest absolute Gasteiger partial charge is 0.298 e. The summed E-state index contributed by atoms with van der Waals surface area (Å²) in [5, 5.41) is 12.3. The zero-order chi connectivity index (χ0) is 17.2. The number of fused-ring (bicyclic) bond motifs is 1. The maximum atomic E-state index is 12.4. The number of carbonyl (C=O) groups excluding carboxylic acids is 1. The van der Waals surface area contributed by atoms with Crippen LogP contribution in [-0.4, -0.2) is 26.1 Å². The molecule has 7 heteroatoms. The molecule has 4 rings (SSSR count). The molecule has 0 aliphatic carbocycles. The van der Waals surface area contributed by atoms with Gasteiger partial charge in [-0.25, -0.2) is 4.98 Å². The lowest BCUT2D eigenvalue weighted by Gasteiger charge is -2.03. The van der Waals surface area contributed by atoms with E-state index in [1.54, 1.807) is 37.6 Å². The van der Waals surface area contributed by atoms with E-state index in [-0.39, 0.29) is 5.91 Å². The molecule has 3 aromatic heterocycles. The lowest BCUT2D eigenvalue weighted by atomic mass is 10.1. The standard InChI is InChI=1S/C18H13N5OS/c1-11-14(3-2-7-19-11)17(24)22-18-20-10-16(25-18)13-4-5-15-12(9-13)6-8-21-23-15/h2-10H,1H3,(H,20,22,24). The molecule has 0 bridgehead atoms. The van der Waals surface area contributed by atoms with Crippen LogP contribution in [0, 0.1) is 6.92 Å². The number of hydrogen-bond donors (Lipinski definition) is 1. The van der Waals surface area contributed by atoms with Crippen LogP contribution in [0.3, 0.4) is 0 Å². The zero-order valence-corrected chi connectivity index (χ0v) is 14.1. The number of benzene rings is 1. The summed E-state index contributed by atoms with van der Waals surface area (Å²) in [5.74, 6) is -0.208. The average Bonchev–Trinajstić information content (AvgIpc) is 3.10. The van der Waals surface area contributed by atoms with Gasteiger partial charge in [0.2, 0.25) is 0 Å². The second-order valence-corrected chi connectivity index (χ2v) is 6.46. The van der Waals surface area contributed by atoms with Crippen LogP contribution in [0.2, 0.25) is 0 Å². The molecule has 0 atom stereocenters. The van der Waals surface area contributed by atoms with Crippen LogP contribution in [0.25, 0.3) is 21.3 Å². The van der Waals surface area contributed by atoms with Crippen LogP contribution in [0.5, 0.6) is 0 Å². The predicted molar refractivity (Wildman–Crippen MR) is 97.6 cm³/mol. The number of hydrogen-bond acceptors (Lipinski definition) is 6. The summed E-state index contributed by atoms with van der Waals surface area (Å²) in [4.78, 5) is 21.8. The lowest BCUT2D eigenvalue weighted by Crippen LogP contribution is -2.13. The molecule has 4 aromatic rings. The van der Waals surface area contributed by atoms with Gasteiger partial charge in [0.05, 0.1) is 22.2 Å². The molecule has 1 N–H and O–H groups in total. The van der Waals surface area contributed by atoms with Gasteiger partial charge in [0.15, 0.2) is 5.13 Å². The molecule has 3 heterocycles. The highest BCUT2D eigenvalue weighted by Gasteiger charge is 2.12. The van der Waals surface area contributed by atoms with Crippen molar-refractivity contribution in [2.24, 2.45) is 0 Å². The Kier molecular flexibility index (Phi) is 3.91. The Labute approximate surface area is 147 Å². The van der Waals surface area contributed by atoms with Crippen LogP contribution in [0.1, 0.15) is 16.1 Å². The molecule has 0 radical (unpaired) electrons. The summed E-state index contributed by atoms with van der Waals surface area (Å²) in [6.45, 7) is 1.81. The molecule has 0 unspecified atom stereocenters. The van der Waals surface area contributed by atoms with Gasteiger partial charge in [-0.2, -0.15) is 10.2 Å². The van der Waals surface area contributed by atoms with Crippen molar-refractivity contribution < 1.29 is 4.79 Å². The third-order valence-corrected chi connectivity index (χ3v) is 4.74. The number of aryl methyl sites for hydroxylation is 1. The summed E-state index contributed by atoms with van der Waals surface area (Å²) in [5.41, 5.74) is 3.10. The number of rotatable bonds is 3. The molecule has 0 saturated heterocycles. The SMILES string of the molecule is Cc1ncccc1C(=O)Nc1ncc(-c2ccc3nnccc3c2)s1. The normalized spacial score (nSPS) is 10.8. The fourth-order valence-electron chi connectivity index (χ4n) is 2.50. The van der Waals surface area contributed by atoms with Crippen LogP contribution in [0.15, 0.2) is 55.0 Å². The second kappa shape index (κ2) is 6.37. The van der Waals surface area contributed by atoms with Crippen molar-refractivity contribution >= 4 is 33.3 Å². The molecule has 1 amide bonds. The van der Waals surface area contributed by atoms with E-state index < -0.39 is 0 Å². The van der Waals surface area contributed by atoms with Gasteiger partial charge in [-0.3, -0.25) is 15.1 Å². The number of carbonyl (C=O) groups is 1. The smallest absolute Gasteiger partial charge is 0.259 e. The van der Waals surface area contributed by atoms with Crippen LogP contribution < -0.4 is 5.32 Å². The number of aromatic nitrogens is 4. The first-order valence-corrected chi connectivity index (χ1v) is 8.43. The van der Waals surface area contributed by atoms with E-state index in [9.17, 15) is 4.79 Å². The average molecular weight is 347 g/mol. The predicted octanol–water partition coefficient (Wildman–Crippen LogP) is 3.71. The molecule has 0 saturated carbocycles. The molecule has 25 heavy (non-hydrogen) atoms. The zero-order valence-electron chi connectivity index (χ0n) is 13.3. The first-order valence-electron chi connectivity index (χ1n) is 7.61. The highest BCUT2D eigenvalue weighted by Crippen LogP contribution is 2.30. The number of amides is 1. The number of pyridine rings is 1. The molecule has 6 nitrogen and oxygen atoms in total. The lowest BCUT2D eigenvalue weighted by molar-refractivity contribution is 0.102. The van der Waals surface area contributed by atoms with Gasteiger partial charge in [0.25, 0.3) is 5.91 Å². The summed E-state index contributed by atoms with van der Waals surface area (Å²) in [6.07, 6.45) is 5.09. The van der Waals surface area contributed by atoms with E-state index in [0.29, 0.717) is 16.4 Å². The Morgan fingerprint density at radius 2 is 2.04 bits per heavy atom. The van der Waals surface area contributed by atoms with Gasteiger partial charge in [0.1, 0.15) is 0 Å². The Morgan fingerprint density at radius 3 is 2.92 bits per heavy atom. The third-order valence-electron chi connectivity index (χ3n) is 3.78. The van der Waals surface area contributed by atoms with Gasteiger partial charge >= 0.3 is 0 Å². The number of thiazole rings is 1. The summed E-state index contributed by atoms with van der Waals surface area (Å²) >= 11 is 1.42. The van der Waals surface area contributed by atoms with Crippen molar-refractivity contribution in [3.8, 4) is 10.4 Å². The molecule has 0 spiro atoms. The number of nitrogens with zero attached hydrogens (tertiary/aromatic N) is 4. The molecule has 0 aliphatic rings. The topological polar surface area (TPSA) is 80.7 Å². The number of anilines is 1. The Bertz CT molecular complexity index is 1080. The van der Waals surface area contributed by atoms with Crippen molar-refractivity contribution in [3.05, 3.63) is 66.2 Å². The van der Waals surface area contributed by atoms with E-state index in [1.807, 2.05) is 24.3 Å². The molecular weight excluding hydrogens is 334 g/mol. The van der Waals surface area contributed by atoms with Crippen molar-refractivity contribution in [1.29, 1.82) is 0 Å². The summed E-state index contributed by atoms with van der Waals surface area (Å²) in [6, 6.07) is 11.3. The van der Waals surface area contributed by atoms with E-state index in [1.165, 1.54) is 11.3 Å². The van der Waals surface area contributed by atoms with Crippen molar-refractivity contribution in [2.75, 3.05) is 5.32 Å². The fraction of sp³-hybridized carbons (Fsp3) is 0.0556. The minimum atomic E-state index is -0.208. The Balaban J connectivity index is 1.59. The maximum absolute atomic E-state index is 12.4. The van der Waals surface area contributed by atoms with Crippen molar-refractivity contribution in [2.45, 2.75) is 6.92 Å². The van der Waals surface area contributed by atoms with Gasteiger partial charge in [0, 0.05) is 23.5 Å². The molecule has 122 valence electrons. The van der Waals surface area contributed by atoms with Gasteiger partial charge in [-0.05, 0) is 42.8 Å². The molecule has 0 aliphatic heterocycles. The maximum Gasteiger partial charge on any atom is 0.259 e. The van der Waals surface area contributed by atoms with Crippen LogP contribution in [-0.2, 0) is 0 Å². The minimum absolute atomic E-state index is 0.208. The van der Waals surface area contributed by atoms with E-state index in [2.05, 4.69) is 25.5 Å². The monoisotopic (exact) mass is 347 g/mol. The Hall–Kier alpha value is -3.19. The van der Waals surface area contributed by atoms with Crippen molar-refractivity contribution in [3.63, 3.8) is 0 Å². The van der Waals surface area contributed by atoms with Crippen molar-refractivity contribution in [1.82, 2.24) is 20.2 Å². The summed E-state index contributed by atoms with van der Waals surface area (Å²) < 4.78 is 0. The van der Waals surface area contributed by atoms with Gasteiger partial charge in [-0.15, -0.1) is 0 Å². The first kappa shape index (κ1) is 15.3. The van der Waals surface area contributed by atoms with E-state index in [4.69, 9.17) is 0 Å². The Morgan fingerprint density at radius 1 is 1.12 bits per heavy atom. The second-order valence-electron chi connectivity index (χ2n) is 5.42. The molecule has 0 fully saturated rings. The summed E-state index contributed by atoms with van der Waals surface area (Å²) in [7, 11) is 0. The molecular formula is C18H13N5OS. The third kappa shape index (κ3) is 3.09. The first-order chi connectivity index (χ1) is 12.2. The van der Waals surface area contributed by atoms with E-state index >= 15 is 0 Å². The highest BCUT2D eigenvalue weighted by molar-refractivity contribution is 7.19. The highest BCUT2D eigenvalue weighted by atomic mass is 32.1. The number of nitrogens with one attached hydrogen (secondary N) is 1.